The highest BCUT2D eigenvalue weighted by Crippen LogP contribution is 2.14. The minimum atomic E-state index is -1.05. The molecule has 2 aromatic carbocycles. The van der Waals surface area contributed by atoms with Crippen LogP contribution < -0.4 is 44.6 Å². The molecule has 2 rings (SSSR count). The van der Waals surface area contributed by atoms with Gasteiger partial charge in [0.15, 0.2) is 11.9 Å². The van der Waals surface area contributed by atoms with Crippen LogP contribution in [0.1, 0.15) is 54.6 Å². The van der Waals surface area contributed by atoms with Crippen LogP contribution in [0.5, 0.6) is 0 Å². The predicted molar refractivity (Wildman–Crippen MR) is 175 cm³/mol. The number of amides is 4. The number of hydrogen-bond acceptors (Lipinski definition) is 6. The first-order chi connectivity index (χ1) is 21.2. The SMILES string of the molecule is CC(C)C[C@H](NC(=O)[C@H](CCCN=C(N)N)NC(=O)c1ccc(CN=C(N)N)cc1)C(=O)N[C@@H](Cc1cccc(Cl)c1)C(N)=O. The van der Waals surface area contributed by atoms with Crippen LogP contribution in [0, 0.1) is 5.92 Å². The van der Waals surface area contributed by atoms with E-state index in [9.17, 15) is 19.2 Å². The highest BCUT2D eigenvalue weighted by Gasteiger charge is 2.30. The van der Waals surface area contributed by atoms with Crippen LogP contribution in [-0.4, -0.2) is 60.2 Å². The van der Waals surface area contributed by atoms with Gasteiger partial charge < -0.3 is 44.6 Å². The Bertz CT molecular complexity index is 1370. The van der Waals surface area contributed by atoms with Gasteiger partial charge in [0.2, 0.25) is 17.7 Å². The molecule has 0 spiro atoms. The molecule has 0 unspecified atom stereocenters. The zero-order valence-corrected chi connectivity index (χ0v) is 26.2. The van der Waals surface area contributed by atoms with E-state index in [0.29, 0.717) is 22.6 Å². The van der Waals surface area contributed by atoms with Crippen molar-refractivity contribution in [1.29, 1.82) is 0 Å². The van der Waals surface area contributed by atoms with E-state index in [0.717, 1.165) is 5.56 Å². The summed E-state index contributed by atoms with van der Waals surface area (Å²) in [5, 5.41) is 8.62. The highest BCUT2D eigenvalue weighted by molar-refractivity contribution is 6.30. The number of carbonyl (C=O) groups is 4. The van der Waals surface area contributed by atoms with E-state index >= 15 is 0 Å². The van der Waals surface area contributed by atoms with Crippen molar-refractivity contribution < 1.29 is 19.2 Å². The van der Waals surface area contributed by atoms with Gasteiger partial charge in [-0.25, -0.2) is 4.99 Å². The Balaban J connectivity index is 2.21. The van der Waals surface area contributed by atoms with Gasteiger partial charge in [0.05, 0.1) is 6.54 Å². The van der Waals surface area contributed by atoms with Crippen molar-refractivity contribution in [2.75, 3.05) is 6.54 Å². The minimum absolute atomic E-state index is 0.00612. The summed E-state index contributed by atoms with van der Waals surface area (Å²) in [6.45, 7) is 4.24. The van der Waals surface area contributed by atoms with E-state index in [2.05, 4.69) is 25.9 Å². The largest absolute Gasteiger partial charge is 0.370 e. The molecule has 0 heterocycles. The highest BCUT2D eigenvalue weighted by atomic mass is 35.5. The van der Waals surface area contributed by atoms with Gasteiger partial charge in [-0.1, -0.05) is 49.7 Å². The smallest absolute Gasteiger partial charge is 0.251 e. The monoisotopic (exact) mass is 642 g/mol. The number of halogens is 1. The molecule has 0 aromatic heterocycles. The molecule has 14 nitrogen and oxygen atoms in total. The van der Waals surface area contributed by atoms with Crippen LogP contribution in [-0.2, 0) is 27.3 Å². The second-order valence-corrected chi connectivity index (χ2v) is 11.3. The lowest BCUT2D eigenvalue weighted by molar-refractivity contribution is -0.132. The Morgan fingerprint density at radius 2 is 1.40 bits per heavy atom. The van der Waals surface area contributed by atoms with Crippen molar-refractivity contribution >= 4 is 47.1 Å². The summed E-state index contributed by atoms with van der Waals surface area (Å²) in [5.74, 6) is -2.60. The third-order valence-electron chi connectivity index (χ3n) is 6.56. The van der Waals surface area contributed by atoms with Crippen LogP contribution in [0.15, 0.2) is 58.5 Å². The van der Waals surface area contributed by atoms with Crippen molar-refractivity contribution in [1.82, 2.24) is 16.0 Å². The molecule has 0 fully saturated rings. The van der Waals surface area contributed by atoms with E-state index in [1.165, 1.54) is 0 Å². The lowest BCUT2D eigenvalue weighted by Gasteiger charge is -2.26. The number of carbonyl (C=O) groups excluding carboxylic acids is 4. The summed E-state index contributed by atoms with van der Waals surface area (Å²) in [7, 11) is 0. The van der Waals surface area contributed by atoms with E-state index in [-0.39, 0.29) is 50.2 Å². The molecule has 2 aromatic rings. The Morgan fingerprint density at radius 3 is 1.98 bits per heavy atom. The fourth-order valence-electron chi connectivity index (χ4n) is 4.33. The first kappa shape index (κ1) is 36.3. The molecule has 4 amide bonds. The predicted octanol–water partition coefficient (Wildman–Crippen LogP) is 0.00910. The molecule has 3 atom stereocenters. The van der Waals surface area contributed by atoms with E-state index < -0.39 is 41.8 Å². The first-order valence-corrected chi connectivity index (χ1v) is 14.8. The fourth-order valence-corrected chi connectivity index (χ4v) is 4.54. The zero-order chi connectivity index (χ0) is 33.5. The van der Waals surface area contributed by atoms with Crippen LogP contribution >= 0.6 is 11.6 Å². The lowest BCUT2D eigenvalue weighted by atomic mass is 10.0. The standard InChI is InChI=1S/C30H43ClN10O4/c1-17(2)13-24(28(45)40-23(25(32)42)15-19-5-3-6-21(31)14-19)41-27(44)22(7-4-12-37-29(33)34)39-26(43)20-10-8-18(9-11-20)16-38-30(35)36/h3,5-6,8-11,14,17,22-24H,4,7,12-13,15-16H2,1-2H3,(H2,32,42)(H,39,43)(H,40,45)(H,41,44)(H4,33,34,37)(H4,35,36,38)/t22-,23-,24-/m0/s1. The van der Waals surface area contributed by atoms with Gasteiger partial charge in [0.25, 0.3) is 5.91 Å². The molecule has 0 bridgehead atoms. The Labute approximate surface area is 267 Å². The fraction of sp³-hybridized carbons (Fsp3) is 0.400. The minimum Gasteiger partial charge on any atom is -0.370 e. The maximum atomic E-state index is 13.6. The third kappa shape index (κ3) is 13.5. The topological polar surface area (TPSA) is 259 Å². The first-order valence-electron chi connectivity index (χ1n) is 14.4. The molecule has 0 aliphatic carbocycles. The molecular weight excluding hydrogens is 600 g/mol. The zero-order valence-electron chi connectivity index (χ0n) is 25.5. The summed E-state index contributed by atoms with van der Waals surface area (Å²) in [6.07, 6.45) is 0.897. The Morgan fingerprint density at radius 1 is 0.778 bits per heavy atom. The normalized spacial score (nSPS) is 12.7. The third-order valence-corrected chi connectivity index (χ3v) is 6.79. The number of nitrogens with zero attached hydrogens (tertiary/aromatic N) is 2. The van der Waals surface area contributed by atoms with Gasteiger partial charge in [-0.15, -0.1) is 0 Å². The summed E-state index contributed by atoms with van der Waals surface area (Å²) in [6, 6.07) is 10.3. The van der Waals surface area contributed by atoms with Gasteiger partial charge >= 0.3 is 0 Å². The average Bonchev–Trinajstić information content (AvgIpc) is 2.96. The number of benzene rings is 2. The molecule has 244 valence electrons. The number of nitrogens with two attached hydrogens (primary N) is 5. The number of nitrogens with one attached hydrogen (secondary N) is 3. The summed E-state index contributed by atoms with van der Waals surface area (Å²) in [5.41, 5.74) is 28.9. The number of guanidine groups is 2. The van der Waals surface area contributed by atoms with Crippen LogP contribution in [0.3, 0.4) is 0 Å². The molecule has 0 saturated heterocycles. The van der Waals surface area contributed by atoms with Crippen molar-refractivity contribution in [3.8, 4) is 0 Å². The van der Waals surface area contributed by atoms with Crippen LogP contribution in [0.2, 0.25) is 5.02 Å². The molecular formula is C30H43ClN10O4. The van der Waals surface area contributed by atoms with Gasteiger partial charge in [0, 0.05) is 23.6 Å². The molecule has 0 aliphatic rings. The molecule has 0 saturated carbocycles. The van der Waals surface area contributed by atoms with Crippen molar-refractivity contribution in [3.63, 3.8) is 0 Å². The second kappa shape index (κ2) is 18.1. The quantitative estimate of drug-likeness (QED) is 0.0660. The van der Waals surface area contributed by atoms with Crippen LogP contribution in [0.4, 0.5) is 0 Å². The second-order valence-electron chi connectivity index (χ2n) is 10.9. The van der Waals surface area contributed by atoms with Crippen LogP contribution in [0.25, 0.3) is 0 Å². The number of hydrogen-bond donors (Lipinski definition) is 8. The molecule has 45 heavy (non-hydrogen) atoms. The van der Waals surface area contributed by atoms with Gasteiger partial charge in [-0.2, -0.15) is 0 Å². The van der Waals surface area contributed by atoms with Gasteiger partial charge in [-0.05, 0) is 60.6 Å². The summed E-state index contributed by atoms with van der Waals surface area (Å²) < 4.78 is 0. The number of rotatable bonds is 17. The molecule has 13 N–H and O–H groups in total. The number of aliphatic imine (C=N–C) groups is 2. The van der Waals surface area contributed by atoms with Crippen molar-refractivity contribution in [2.45, 2.75) is 64.2 Å². The van der Waals surface area contributed by atoms with Crippen molar-refractivity contribution in [2.24, 2.45) is 44.6 Å². The lowest BCUT2D eigenvalue weighted by Crippen LogP contribution is -2.57. The Hall–Kier alpha value is -4.85. The maximum absolute atomic E-state index is 13.6. The molecule has 15 heteroatoms. The van der Waals surface area contributed by atoms with E-state index in [4.69, 9.17) is 40.3 Å². The average molecular weight is 643 g/mol. The van der Waals surface area contributed by atoms with E-state index in [1.54, 1.807) is 48.5 Å². The Kier molecular flexibility index (Phi) is 14.6. The van der Waals surface area contributed by atoms with E-state index in [1.807, 2.05) is 13.8 Å². The van der Waals surface area contributed by atoms with Gasteiger partial charge in [0.1, 0.15) is 18.1 Å². The van der Waals surface area contributed by atoms with Gasteiger partial charge in [-0.3, -0.25) is 24.2 Å². The number of primary amides is 1. The summed E-state index contributed by atoms with van der Waals surface area (Å²) >= 11 is 6.06. The maximum Gasteiger partial charge on any atom is 0.251 e. The summed E-state index contributed by atoms with van der Waals surface area (Å²) in [4.78, 5) is 60.2. The molecule has 0 radical (unpaired) electrons. The molecule has 0 aliphatic heterocycles. The van der Waals surface area contributed by atoms with Crippen molar-refractivity contribution in [3.05, 3.63) is 70.2 Å².